The predicted molar refractivity (Wildman–Crippen MR) is 283 cm³/mol. The molecule has 0 bridgehead atoms. The Balaban J connectivity index is 0.865. The lowest BCUT2D eigenvalue weighted by atomic mass is 10.2. The monoisotopic (exact) mass is 1280 g/mol. The minimum Gasteiger partial charge on any atom is -0.451 e. The summed E-state index contributed by atoms with van der Waals surface area (Å²) in [6.45, 7) is 0.160. The molecule has 0 unspecified atom stereocenters. The summed E-state index contributed by atoms with van der Waals surface area (Å²) in [6, 6.07) is 12.0. The number of rotatable bonds is 19. The summed E-state index contributed by atoms with van der Waals surface area (Å²) in [7, 11) is -24.9. The van der Waals surface area contributed by atoms with E-state index < -0.39 is 91.8 Å². The normalized spacial score (nSPS) is 12.9. The largest absolute Gasteiger partial charge is 0.451 e. The van der Waals surface area contributed by atoms with E-state index in [1.54, 1.807) is 18.2 Å². The summed E-state index contributed by atoms with van der Waals surface area (Å²) < 4.78 is 181. The first-order valence-corrected chi connectivity index (χ1v) is 30.3. The molecule has 40 heteroatoms. The molecule has 4 heterocycles. The van der Waals surface area contributed by atoms with Crippen LogP contribution in [0.5, 0.6) is 23.0 Å². The molecule has 420 valence electrons. The molecular formula is C40H30Cl4N14O17S5. The van der Waals surface area contributed by atoms with Crippen molar-refractivity contribution in [1.82, 2.24) is 29.9 Å². The van der Waals surface area contributed by atoms with E-state index in [9.17, 15) is 64.9 Å². The molecule has 7 aromatic rings. The van der Waals surface area contributed by atoms with Gasteiger partial charge in [0.05, 0.1) is 26.9 Å². The maximum atomic E-state index is 13.0. The topological polar surface area (TPSA) is 465 Å². The van der Waals surface area contributed by atoms with Gasteiger partial charge < -0.3 is 41.4 Å². The van der Waals surface area contributed by atoms with Crippen LogP contribution in [0.2, 0.25) is 20.6 Å². The Bertz CT molecular complexity index is 4500. The Morgan fingerprint density at radius 3 is 1.35 bits per heavy atom. The van der Waals surface area contributed by atoms with Crippen LogP contribution in [-0.4, -0.2) is 121 Å². The lowest BCUT2D eigenvalue weighted by Crippen LogP contribution is -2.23. The Hall–Kier alpha value is -7.17. The number of ether oxygens (including phenoxy) is 2. The van der Waals surface area contributed by atoms with E-state index in [1.807, 2.05) is 0 Å². The van der Waals surface area contributed by atoms with Crippen molar-refractivity contribution in [1.29, 1.82) is 0 Å². The van der Waals surface area contributed by atoms with Gasteiger partial charge in [-0.05, 0) is 83.9 Å². The van der Waals surface area contributed by atoms with Gasteiger partial charge in [-0.15, -0.1) is 0 Å². The fourth-order valence-corrected chi connectivity index (χ4v) is 11.5. The van der Waals surface area contributed by atoms with Gasteiger partial charge in [0.25, 0.3) is 50.6 Å². The lowest BCUT2D eigenvalue weighted by molar-refractivity contribution is 0.435. The molecule has 80 heavy (non-hydrogen) atoms. The summed E-state index contributed by atoms with van der Waals surface area (Å²) in [6.07, 6.45) is 0. The molecule has 9 rings (SSSR count). The Kier molecular flexibility index (Phi) is 15.6. The van der Waals surface area contributed by atoms with Gasteiger partial charge in [-0.3, -0.25) is 22.8 Å². The number of fused-ring (bicyclic) bond motifs is 4. The molecule has 0 saturated heterocycles. The van der Waals surface area contributed by atoms with E-state index in [-0.39, 0.29) is 116 Å². The van der Waals surface area contributed by atoms with Crippen LogP contribution in [0.1, 0.15) is 0 Å². The molecule has 0 fully saturated rings. The van der Waals surface area contributed by atoms with Crippen LogP contribution in [0.15, 0.2) is 101 Å². The Morgan fingerprint density at radius 1 is 0.425 bits per heavy atom. The SMILES string of the molecule is O=S(=O)(O)c1ccc(Nc2nc(Cl)nc(NCCNc3ccc4c(c3)Oc3c(Cl)c5c(c(Cl)c3=N4)Oc3c(ccc(NCCNc4nc(Cl)nc(Nc6ccc(S(=O)(=O)O)cc6S(=O)(=O)O)n4)c3S(=O)(=O)O)N=5)n2)c(S(=O)(=O)O)c1. The standard InChI is InChI=1S/C40H30Cl4N14O17S5/c41-27-30-33(75-31-22(50-30)7-8-23(34(31)80(71,72)73)46-10-12-48-38-54-36(44)56-40(58-38)52-21-6-3-18(77(62,63)64)15-26(21)79(68,69)70)28(42)29-32(27)74-24-13-16(1-4-19(24)49-29)45-9-11-47-37-53-35(43)55-39(57-37)51-20-5-2-17(76(59,60)61)14-25(20)78(65,66)67/h1-8,13-15,45-46H,9-12H2,(H,59,60,61)(H,62,63,64)(H,65,66,67)(H,68,69,70)(H,71,72,73)(H2,47,51,53,55,57)(H2,48,52,54,56,58). The van der Waals surface area contributed by atoms with Crippen LogP contribution < -0.4 is 52.1 Å². The molecule has 2 aromatic heterocycles. The molecule has 0 atom stereocenters. The third-order valence-electron chi connectivity index (χ3n) is 10.7. The fourth-order valence-electron chi connectivity index (χ4n) is 7.32. The Morgan fingerprint density at radius 2 is 0.863 bits per heavy atom. The molecule has 0 spiro atoms. The van der Waals surface area contributed by atoms with E-state index in [0.717, 1.165) is 24.3 Å². The van der Waals surface area contributed by atoms with Crippen LogP contribution in [0.25, 0.3) is 0 Å². The average Bonchev–Trinajstić information content (AvgIpc) is 3.42. The molecule has 2 aliphatic heterocycles. The van der Waals surface area contributed by atoms with Crippen molar-refractivity contribution >= 4 is 155 Å². The average molecular weight is 1280 g/mol. The summed E-state index contributed by atoms with van der Waals surface area (Å²) in [5.41, 5.74) is -0.242. The smallest absolute Gasteiger partial charge is 0.300 e. The van der Waals surface area contributed by atoms with Crippen LogP contribution >= 0.6 is 46.4 Å². The second kappa shape index (κ2) is 21.7. The van der Waals surface area contributed by atoms with E-state index >= 15 is 0 Å². The molecule has 11 N–H and O–H groups in total. The van der Waals surface area contributed by atoms with E-state index in [1.165, 1.54) is 12.1 Å². The molecule has 0 aliphatic carbocycles. The highest BCUT2D eigenvalue weighted by molar-refractivity contribution is 7.87. The van der Waals surface area contributed by atoms with Gasteiger partial charge in [0.2, 0.25) is 34.4 Å². The highest BCUT2D eigenvalue weighted by Crippen LogP contribution is 2.47. The van der Waals surface area contributed by atoms with Crippen LogP contribution in [0.4, 0.5) is 57.9 Å². The van der Waals surface area contributed by atoms with Gasteiger partial charge in [0, 0.05) is 37.9 Å². The van der Waals surface area contributed by atoms with Gasteiger partial charge in [0.15, 0.2) is 27.9 Å². The number of benzene rings is 5. The second-order valence-corrected chi connectivity index (χ2v) is 24.4. The van der Waals surface area contributed by atoms with Crippen molar-refractivity contribution in [2.75, 3.05) is 58.1 Å². The molecule has 31 nitrogen and oxygen atoms in total. The van der Waals surface area contributed by atoms with Gasteiger partial charge in [-0.2, -0.15) is 72.0 Å². The van der Waals surface area contributed by atoms with E-state index in [4.69, 9.17) is 55.9 Å². The summed E-state index contributed by atoms with van der Waals surface area (Å²) in [5.74, 6) is -1.48. The third-order valence-corrected chi connectivity index (χ3v) is 16.1. The minimum absolute atomic E-state index is 0.0137. The van der Waals surface area contributed by atoms with Crippen LogP contribution in [0, 0.1) is 0 Å². The molecule has 0 amide bonds. The van der Waals surface area contributed by atoms with Crippen molar-refractivity contribution in [2.45, 2.75) is 24.5 Å². The van der Waals surface area contributed by atoms with Gasteiger partial charge >= 0.3 is 0 Å². The fraction of sp³-hybridized carbons (Fsp3) is 0.100. The van der Waals surface area contributed by atoms with Gasteiger partial charge in [-0.25, -0.2) is 9.98 Å². The third kappa shape index (κ3) is 12.7. The first-order valence-electron chi connectivity index (χ1n) is 21.5. The van der Waals surface area contributed by atoms with Crippen molar-refractivity contribution in [2.24, 2.45) is 9.98 Å². The molecule has 0 radical (unpaired) electrons. The van der Waals surface area contributed by atoms with Gasteiger partial charge in [0.1, 0.15) is 41.9 Å². The number of aromatic nitrogens is 6. The van der Waals surface area contributed by atoms with Crippen molar-refractivity contribution in [3.8, 4) is 23.0 Å². The molecule has 2 aliphatic rings. The van der Waals surface area contributed by atoms with Crippen molar-refractivity contribution in [3.05, 3.63) is 98.1 Å². The number of nitrogens with one attached hydrogen (secondary N) is 6. The number of anilines is 8. The summed E-state index contributed by atoms with van der Waals surface area (Å²) in [5, 5.41) is 15.5. The summed E-state index contributed by atoms with van der Waals surface area (Å²) in [4.78, 5) is 28.6. The van der Waals surface area contributed by atoms with E-state index in [2.05, 4.69) is 71.8 Å². The zero-order valence-electron chi connectivity index (χ0n) is 38.9. The maximum Gasteiger partial charge on any atom is 0.300 e. The number of hydrogen-bond donors (Lipinski definition) is 11. The molecule has 5 aromatic carbocycles. The zero-order valence-corrected chi connectivity index (χ0v) is 46.1. The second-order valence-electron chi connectivity index (χ2n) is 16.0. The predicted octanol–water partition coefficient (Wildman–Crippen LogP) is 5.55. The Labute approximate surface area is 469 Å². The first-order chi connectivity index (χ1) is 37.4. The first kappa shape index (κ1) is 57.5. The number of hydrogen-bond acceptors (Lipinski definition) is 26. The molecule has 0 saturated carbocycles. The minimum atomic E-state index is -5.09. The van der Waals surface area contributed by atoms with Crippen LogP contribution in [0.3, 0.4) is 0 Å². The highest BCUT2D eigenvalue weighted by atomic mass is 35.5. The van der Waals surface area contributed by atoms with Crippen molar-refractivity contribution in [3.63, 3.8) is 0 Å². The lowest BCUT2D eigenvalue weighted by Gasteiger charge is -2.23. The zero-order chi connectivity index (χ0) is 57.9. The quantitative estimate of drug-likeness (QED) is 0.0349. The summed E-state index contributed by atoms with van der Waals surface area (Å²) >= 11 is 25.8. The van der Waals surface area contributed by atoms with Crippen LogP contribution in [-0.2, 0) is 50.6 Å². The van der Waals surface area contributed by atoms with Gasteiger partial charge in [-0.1, -0.05) is 23.2 Å². The highest BCUT2D eigenvalue weighted by Gasteiger charge is 2.33. The molecular weight excluding hydrogens is 1250 g/mol. The van der Waals surface area contributed by atoms with Crippen molar-refractivity contribution < 1.29 is 74.3 Å². The van der Waals surface area contributed by atoms with E-state index in [0.29, 0.717) is 17.8 Å². The number of nitrogens with zero attached hydrogens (tertiary/aromatic N) is 8. The number of halogens is 4. The maximum absolute atomic E-state index is 13.0.